The molecule has 2 atom stereocenters. The fraction of sp³-hybridized carbons (Fsp3) is 0.250. The van der Waals surface area contributed by atoms with E-state index in [1.807, 2.05) is 6.20 Å². The Labute approximate surface area is 177 Å². The third-order valence-corrected chi connectivity index (χ3v) is 6.40. The van der Waals surface area contributed by atoms with Gasteiger partial charge in [-0.3, -0.25) is 4.99 Å². The second kappa shape index (κ2) is 6.18. The Bertz CT molecular complexity index is 1290. The van der Waals surface area contributed by atoms with Crippen molar-refractivity contribution in [3.05, 3.63) is 94.9 Å². The van der Waals surface area contributed by atoms with Gasteiger partial charge in [0.2, 0.25) is 0 Å². The van der Waals surface area contributed by atoms with Crippen LogP contribution in [0.3, 0.4) is 0 Å². The summed E-state index contributed by atoms with van der Waals surface area (Å²) in [6.07, 6.45) is 7.57. The molecule has 148 valence electrons. The van der Waals surface area contributed by atoms with Crippen molar-refractivity contribution in [1.29, 1.82) is 0 Å². The molecule has 2 nitrogen and oxygen atoms in total. The molecule has 2 aliphatic heterocycles. The zero-order chi connectivity index (χ0) is 20.5. The molecule has 3 aromatic carbocycles. The van der Waals surface area contributed by atoms with Gasteiger partial charge in [-0.2, -0.15) is 0 Å². The molecule has 0 N–H and O–H groups in total. The highest BCUT2D eigenvalue weighted by atomic mass is 16.5. The van der Waals surface area contributed by atoms with Gasteiger partial charge in [-0.1, -0.05) is 69.3 Å². The summed E-state index contributed by atoms with van der Waals surface area (Å²) in [6, 6.07) is 19.6. The van der Waals surface area contributed by atoms with E-state index in [9.17, 15) is 0 Å². The van der Waals surface area contributed by atoms with E-state index in [4.69, 9.17) is 9.73 Å². The summed E-state index contributed by atoms with van der Waals surface area (Å²) in [6.45, 7) is 6.93. The smallest absolute Gasteiger partial charge is 0.136 e. The van der Waals surface area contributed by atoms with E-state index in [2.05, 4.69) is 87.5 Å². The van der Waals surface area contributed by atoms with Gasteiger partial charge in [0, 0.05) is 17.7 Å². The van der Waals surface area contributed by atoms with Gasteiger partial charge in [0.15, 0.2) is 0 Å². The number of hydrogen-bond donors (Lipinski definition) is 0. The highest BCUT2D eigenvalue weighted by Crippen LogP contribution is 2.49. The van der Waals surface area contributed by atoms with Gasteiger partial charge in [-0.05, 0) is 57.5 Å². The molecule has 0 saturated heterocycles. The molecule has 0 amide bonds. The van der Waals surface area contributed by atoms with Crippen LogP contribution in [0.2, 0.25) is 0 Å². The third kappa shape index (κ3) is 2.67. The Morgan fingerprint density at radius 1 is 0.967 bits per heavy atom. The lowest BCUT2D eigenvalue weighted by Crippen LogP contribution is -2.35. The van der Waals surface area contributed by atoms with Gasteiger partial charge in [0.1, 0.15) is 11.5 Å². The van der Waals surface area contributed by atoms with Crippen LogP contribution < -0.4 is 4.74 Å². The first-order chi connectivity index (χ1) is 14.5. The average molecular weight is 392 g/mol. The Balaban J connectivity index is 1.55. The fourth-order valence-corrected chi connectivity index (χ4v) is 5.25. The number of allylic oxidation sites excluding steroid dienone is 2. The molecule has 0 spiro atoms. The first kappa shape index (κ1) is 17.7. The largest absolute Gasteiger partial charge is 0.460 e. The minimum atomic E-state index is 0.150. The Hall–Kier alpha value is -3.13. The van der Waals surface area contributed by atoms with Crippen LogP contribution in [0.15, 0.2) is 77.6 Å². The minimum Gasteiger partial charge on any atom is -0.460 e. The van der Waals surface area contributed by atoms with Gasteiger partial charge in [-0.15, -0.1) is 0 Å². The van der Waals surface area contributed by atoms with Crippen molar-refractivity contribution in [3.8, 4) is 5.75 Å². The quantitative estimate of drug-likeness (QED) is 0.442. The SMILES string of the molecule is CC(C)(C)Cc1cccc2c1C1C=CN=C3c4cc5ccccc5cc4OC(=C2)C31. The molecule has 0 saturated carbocycles. The van der Waals surface area contributed by atoms with Gasteiger partial charge >= 0.3 is 0 Å². The molecular formula is C28H25NO. The van der Waals surface area contributed by atoms with Crippen LogP contribution in [0.5, 0.6) is 5.75 Å². The maximum Gasteiger partial charge on any atom is 0.136 e. The van der Waals surface area contributed by atoms with Gasteiger partial charge in [0.05, 0.1) is 11.6 Å². The minimum absolute atomic E-state index is 0.150. The van der Waals surface area contributed by atoms with E-state index in [1.165, 1.54) is 27.5 Å². The molecule has 3 aromatic rings. The Morgan fingerprint density at radius 2 is 1.77 bits per heavy atom. The van der Waals surface area contributed by atoms with E-state index < -0.39 is 0 Å². The molecule has 2 heterocycles. The number of aliphatic imine (C=N–C) groups is 1. The molecule has 6 rings (SSSR count). The van der Waals surface area contributed by atoms with Crippen LogP contribution in [0.25, 0.3) is 16.8 Å². The molecule has 1 aliphatic carbocycles. The van der Waals surface area contributed by atoms with Crippen molar-refractivity contribution in [2.45, 2.75) is 33.1 Å². The van der Waals surface area contributed by atoms with Crippen molar-refractivity contribution in [1.82, 2.24) is 0 Å². The summed E-state index contributed by atoms with van der Waals surface area (Å²) in [5.41, 5.74) is 6.67. The van der Waals surface area contributed by atoms with Crippen LogP contribution in [0, 0.1) is 11.3 Å². The lowest BCUT2D eigenvalue weighted by molar-refractivity contribution is 0.357. The van der Waals surface area contributed by atoms with Crippen LogP contribution in [-0.4, -0.2) is 5.71 Å². The van der Waals surface area contributed by atoms with Crippen molar-refractivity contribution < 1.29 is 4.74 Å². The summed E-state index contributed by atoms with van der Waals surface area (Å²) >= 11 is 0. The predicted molar refractivity (Wildman–Crippen MR) is 124 cm³/mol. The van der Waals surface area contributed by atoms with Crippen molar-refractivity contribution >= 4 is 22.6 Å². The van der Waals surface area contributed by atoms with Crippen LogP contribution in [0.1, 0.15) is 48.9 Å². The lowest BCUT2D eigenvalue weighted by Gasteiger charge is -2.40. The Kier molecular flexibility index (Phi) is 3.65. The van der Waals surface area contributed by atoms with E-state index >= 15 is 0 Å². The maximum absolute atomic E-state index is 6.52. The molecule has 2 unspecified atom stereocenters. The first-order valence-electron chi connectivity index (χ1n) is 10.8. The normalized spacial score (nSPS) is 21.2. The zero-order valence-electron chi connectivity index (χ0n) is 17.6. The molecule has 0 bridgehead atoms. The molecule has 3 aliphatic rings. The monoisotopic (exact) mass is 391 g/mol. The van der Waals surface area contributed by atoms with E-state index in [0.29, 0.717) is 0 Å². The lowest BCUT2D eigenvalue weighted by atomic mass is 9.69. The number of rotatable bonds is 1. The standard InChI is InChI=1S/C28H25NO/c1-28(2,3)16-20-10-6-9-19-15-24-26-21(25(19)20)11-12-29-27(26)22-13-17-7-4-5-8-18(17)14-23(22)30-24/h4-15,21,26H,16H2,1-3H3. The molecule has 30 heavy (non-hydrogen) atoms. The molecule has 0 aromatic heterocycles. The third-order valence-electron chi connectivity index (χ3n) is 6.40. The fourth-order valence-electron chi connectivity index (χ4n) is 5.25. The molecule has 2 heteroatoms. The summed E-state index contributed by atoms with van der Waals surface area (Å²) in [7, 11) is 0. The van der Waals surface area contributed by atoms with Crippen molar-refractivity contribution in [3.63, 3.8) is 0 Å². The highest BCUT2D eigenvalue weighted by molar-refractivity contribution is 6.11. The van der Waals surface area contributed by atoms with Crippen LogP contribution >= 0.6 is 0 Å². The van der Waals surface area contributed by atoms with E-state index in [-0.39, 0.29) is 17.3 Å². The topological polar surface area (TPSA) is 21.6 Å². The molecule has 0 radical (unpaired) electrons. The van der Waals surface area contributed by atoms with Crippen LogP contribution in [0.4, 0.5) is 0 Å². The van der Waals surface area contributed by atoms with E-state index in [1.54, 1.807) is 0 Å². The highest BCUT2D eigenvalue weighted by Gasteiger charge is 2.42. The molecular weight excluding hydrogens is 366 g/mol. The van der Waals surface area contributed by atoms with E-state index in [0.717, 1.165) is 29.2 Å². The summed E-state index contributed by atoms with van der Waals surface area (Å²) < 4.78 is 6.52. The number of hydrogen-bond acceptors (Lipinski definition) is 2. The molecule has 0 fully saturated rings. The first-order valence-corrected chi connectivity index (χ1v) is 10.8. The Morgan fingerprint density at radius 3 is 2.57 bits per heavy atom. The van der Waals surface area contributed by atoms with Crippen LogP contribution in [-0.2, 0) is 6.42 Å². The predicted octanol–water partition coefficient (Wildman–Crippen LogP) is 6.89. The maximum atomic E-state index is 6.52. The number of nitrogens with zero attached hydrogens (tertiary/aromatic N) is 1. The van der Waals surface area contributed by atoms with Crippen molar-refractivity contribution in [2.75, 3.05) is 0 Å². The van der Waals surface area contributed by atoms with Gasteiger partial charge in [0.25, 0.3) is 0 Å². The summed E-state index contributed by atoms with van der Waals surface area (Å²) in [4.78, 5) is 4.87. The summed E-state index contributed by atoms with van der Waals surface area (Å²) in [5, 5.41) is 2.42. The summed E-state index contributed by atoms with van der Waals surface area (Å²) in [5.74, 6) is 2.35. The number of ether oxygens (including phenoxy) is 1. The second-order valence-corrected chi connectivity index (χ2v) is 9.86. The van der Waals surface area contributed by atoms with Crippen molar-refractivity contribution in [2.24, 2.45) is 16.3 Å². The number of benzene rings is 3. The van der Waals surface area contributed by atoms with Gasteiger partial charge < -0.3 is 4.74 Å². The average Bonchev–Trinajstić information content (AvgIpc) is 2.71. The van der Waals surface area contributed by atoms with Gasteiger partial charge in [-0.25, -0.2) is 0 Å². The second-order valence-electron chi connectivity index (χ2n) is 9.86. The number of fused-ring (bicyclic) bond motifs is 5. The zero-order valence-corrected chi connectivity index (χ0v) is 17.6.